The number of amides is 1. The summed E-state index contributed by atoms with van der Waals surface area (Å²) in [4.78, 5) is 12.0. The van der Waals surface area contributed by atoms with Crippen molar-refractivity contribution in [1.82, 2.24) is 5.32 Å². The number of hydrogen-bond acceptors (Lipinski definition) is 5. The number of sulfone groups is 1. The summed E-state index contributed by atoms with van der Waals surface area (Å²) in [5.74, 6) is -0.127. The van der Waals surface area contributed by atoms with Crippen molar-refractivity contribution < 1.29 is 17.6 Å². The van der Waals surface area contributed by atoms with Crippen molar-refractivity contribution in [3.05, 3.63) is 30.0 Å². The van der Waals surface area contributed by atoms with E-state index < -0.39 is 15.7 Å². The van der Waals surface area contributed by atoms with E-state index in [-0.39, 0.29) is 23.3 Å². The molecule has 6 nitrogen and oxygen atoms in total. The van der Waals surface area contributed by atoms with Crippen LogP contribution in [0.2, 0.25) is 0 Å². The van der Waals surface area contributed by atoms with E-state index in [1.807, 2.05) is 0 Å². The van der Waals surface area contributed by atoms with Crippen LogP contribution < -0.4 is 11.1 Å². The molecule has 1 aromatic heterocycles. The highest BCUT2D eigenvalue weighted by Gasteiger charge is 2.29. The summed E-state index contributed by atoms with van der Waals surface area (Å²) < 4.78 is 28.1. The molecule has 1 aliphatic rings. The standard InChI is InChI=1S/C13H14N2O4S/c14-9-1-2-11-8(5-9)6-12(19-11)13(16)15-10-3-4-20(17,18)7-10/h1-2,5-6,10H,3-4,7,14H2,(H,15,16). The van der Waals surface area contributed by atoms with Crippen LogP contribution in [0.3, 0.4) is 0 Å². The van der Waals surface area contributed by atoms with E-state index in [1.54, 1.807) is 24.3 Å². The minimum absolute atomic E-state index is 0.00802. The zero-order valence-electron chi connectivity index (χ0n) is 10.6. The number of nitrogens with two attached hydrogens (primary N) is 1. The lowest BCUT2D eigenvalue weighted by atomic mass is 10.2. The molecule has 0 spiro atoms. The fourth-order valence-electron chi connectivity index (χ4n) is 2.34. The summed E-state index contributed by atoms with van der Waals surface area (Å²) in [6.07, 6.45) is 0.446. The molecule has 1 atom stereocenters. The van der Waals surface area contributed by atoms with E-state index in [2.05, 4.69) is 5.32 Å². The predicted octanol–water partition coefficient (Wildman–Crippen LogP) is 0.932. The van der Waals surface area contributed by atoms with E-state index in [4.69, 9.17) is 10.2 Å². The second-order valence-corrected chi connectivity index (χ2v) is 7.21. The van der Waals surface area contributed by atoms with Gasteiger partial charge in [-0.2, -0.15) is 0 Å². The Morgan fingerprint density at radius 2 is 2.15 bits per heavy atom. The van der Waals surface area contributed by atoms with Gasteiger partial charge in [0.2, 0.25) is 0 Å². The molecule has 1 amide bonds. The first-order valence-corrected chi connectivity index (χ1v) is 8.05. The number of hydrogen-bond donors (Lipinski definition) is 2. The van der Waals surface area contributed by atoms with Crippen LogP contribution in [0.25, 0.3) is 11.0 Å². The molecule has 2 aromatic rings. The van der Waals surface area contributed by atoms with Gasteiger partial charge in [-0.1, -0.05) is 0 Å². The zero-order valence-corrected chi connectivity index (χ0v) is 11.4. The fourth-order valence-corrected chi connectivity index (χ4v) is 4.01. The largest absolute Gasteiger partial charge is 0.451 e. The molecular formula is C13H14N2O4S. The molecule has 0 aliphatic carbocycles. The fraction of sp³-hybridized carbons (Fsp3) is 0.308. The number of nitrogen functional groups attached to an aromatic ring is 1. The van der Waals surface area contributed by atoms with Crippen LogP contribution in [-0.4, -0.2) is 31.9 Å². The van der Waals surface area contributed by atoms with Crippen molar-refractivity contribution in [3.8, 4) is 0 Å². The van der Waals surface area contributed by atoms with Crippen LogP contribution in [0.1, 0.15) is 17.0 Å². The molecule has 0 bridgehead atoms. The van der Waals surface area contributed by atoms with Crippen LogP contribution in [0.5, 0.6) is 0 Å². The summed E-state index contributed by atoms with van der Waals surface area (Å²) >= 11 is 0. The number of rotatable bonds is 2. The highest BCUT2D eigenvalue weighted by molar-refractivity contribution is 7.91. The average Bonchev–Trinajstić information content (AvgIpc) is 2.92. The van der Waals surface area contributed by atoms with Gasteiger partial charge >= 0.3 is 0 Å². The molecule has 0 saturated carbocycles. The summed E-state index contributed by atoms with van der Waals surface area (Å²) in [5, 5.41) is 3.43. The maximum atomic E-state index is 12.0. The van der Waals surface area contributed by atoms with Gasteiger partial charge in [-0.25, -0.2) is 8.42 Å². The van der Waals surface area contributed by atoms with E-state index in [0.717, 1.165) is 5.39 Å². The van der Waals surface area contributed by atoms with Gasteiger partial charge in [0.05, 0.1) is 11.5 Å². The smallest absolute Gasteiger partial charge is 0.287 e. The lowest BCUT2D eigenvalue weighted by Gasteiger charge is -2.08. The highest BCUT2D eigenvalue weighted by atomic mass is 32.2. The Balaban J connectivity index is 1.79. The van der Waals surface area contributed by atoms with Gasteiger partial charge in [-0.05, 0) is 30.7 Å². The third-order valence-electron chi connectivity index (χ3n) is 3.33. The lowest BCUT2D eigenvalue weighted by Crippen LogP contribution is -2.35. The van der Waals surface area contributed by atoms with Gasteiger partial charge in [0.15, 0.2) is 15.6 Å². The van der Waals surface area contributed by atoms with Crippen LogP contribution >= 0.6 is 0 Å². The molecule has 1 fully saturated rings. The molecule has 2 heterocycles. The van der Waals surface area contributed by atoms with Crippen LogP contribution in [0, 0.1) is 0 Å². The number of nitrogens with one attached hydrogen (secondary N) is 1. The number of fused-ring (bicyclic) bond motifs is 1. The number of benzene rings is 1. The summed E-state index contributed by atoms with van der Waals surface area (Å²) in [6.45, 7) is 0. The van der Waals surface area contributed by atoms with Crippen molar-refractivity contribution in [2.75, 3.05) is 17.2 Å². The van der Waals surface area contributed by atoms with Crippen LogP contribution in [0.15, 0.2) is 28.7 Å². The first-order valence-electron chi connectivity index (χ1n) is 6.23. The Morgan fingerprint density at radius 1 is 1.35 bits per heavy atom. The van der Waals surface area contributed by atoms with Crippen molar-refractivity contribution in [2.24, 2.45) is 0 Å². The van der Waals surface area contributed by atoms with E-state index in [9.17, 15) is 13.2 Å². The second-order valence-electron chi connectivity index (χ2n) is 4.98. The first kappa shape index (κ1) is 13.0. The summed E-state index contributed by atoms with van der Waals surface area (Å²) in [7, 11) is -3.02. The number of furan rings is 1. The molecule has 3 N–H and O–H groups in total. The van der Waals surface area contributed by atoms with E-state index in [0.29, 0.717) is 17.7 Å². The molecule has 1 aromatic carbocycles. The van der Waals surface area contributed by atoms with E-state index in [1.165, 1.54) is 0 Å². The maximum absolute atomic E-state index is 12.0. The van der Waals surface area contributed by atoms with Gasteiger partial charge < -0.3 is 15.5 Å². The highest BCUT2D eigenvalue weighted by Crippen LogP contribution is 2.22. The minimum Gasteiger partial charge on any atom is -0.451 e. The number of carbonyl (C=O) groups excluding carboxylic acids is 1. The second kappa shape index (κ2) is 4.52. The normalized spacial score (nSPS) is 21.1. The van der Waals surface area contributed by atoms with Crippen molar-refractivity contribution in [1.29, 1.82) is 0 Å². The Hall–Kier alpha value is -2.02. The van der Waals surface area contributed by atoms with Gasteiger partial charge in [0.1, 0.15) is 5.58 Å². The lowest BCUT2D eigenvalue weighted by molar-refractivity contribution is 0.0915. The molecule has 1 aliphatic heterocycles. The first-order chi connectivity index (χ1) is 9.43. The summed E-state index contributed by atoms with van der Waals surface area (Å²) in [5.41, 5.74) is 6.82. The Bertz CT molecular complexity index is 779. The van der Waals surface area contributed by atoms with Crippen LogP contribution in [-0.2, 0) is 9.84 Å². The minimum atomic E-state index is -3.02. The van der Waals surface area contributed by atoms with E-state index >= 15 is 0 Å². The molecule has 1 unspecified atom stereocenters. The molecule has 20 heavy (non-hydrogen) atoms. The third kappa shape index (κ3) is 2.49. The maximum Gasteiger partial charge on any atom is 0.287 e. The molecule has 3 rings (SSSR count). The average molecular weight is 294 g/mol. The van der Waals surface area contributed by atoms with Gasteiger partial charge in [-0.3, -0.25) is 4.79 Å². The third-order valence-corrected chi connectivity index (χ3v) is 5.10. The van der Waals surface area contributed by atoms with Crippen molar-refractivity contribution >= 4 is 32.4 Å². The topological polar surface area (TPSA) is 102 Å². The molecular weight excluding hydrogens is 280 g/mol. The molecule has 1 saturated heterocycles. The number of anilines is 1. The summed E-state index contributed by atoms with van der Waals surface area (Å²) in [6, 6.07) is 6.37. The number of carbonyl (C=O) groups is 1. The Morgan fingerprint density at radius 3 is 2.85 bits per heavy atom. The van der Waals surface area contributed by atoms with Gasteiger partial charge in [-0.15, -0.1) is 0 Å². The predicted molar refractivity (Wildman–Crippen MR) is 75.2 cm³/mol. The SMILES string of the molecule is Nc1ccc2oc(C(=O)NC3CCS(=O)(=O)C3)cc2c1. The van der Waals surface area contributed by atoms with Crippen molar-refractivity contribution in [3.63, 3.8) is 0 Å². The molecule has 106 valence electrons. The van der Waals surface area contributed by atoms with Crippen molar-refractivity contribution in [2.45, 2.75) is 12.5 Å². The molecule has 0 radical (unpaired) electrons. The van der Waals surface area contributed by atoms with Crippen LogP contribution in [0.4, 0.5) is 5.69 Å². The Kier molecular flexibility index (Phi) is 2.93. The quantitative estimate of drug-likeness (QED) is 0.802. The monoisotopic (exact) mass is 294 g/mol. The van der Waals surface area contributed by atoms with Gasteiger partial charge in [0, 0.05) is 17.1 Å². The molecule has 7 heteroatoms. The zero-order chi connectivity index (χ0) is 14.3. The van der Waals surface area contributed by atoms with Gasteiger partial charge in [0.25, 0.3) is 5.91 Å². The Labute approximate surface area is 115 Å².